The Hall–Kier alpha value is -2.63. The second-order valence-electron chi connectivity index (χ2n) is 7.28. The number of hydrogen-bond donors (Lipinski definition) is 2. The van der Waals surface area contributed by atoms with E-state index in [2.05, 4.69) is 36.5 Å². The monoisotopic (exact) mass is 370 g/mol. The van der Waals surface area contributed by atoms with E-state index in [1.54, 1.807) is 19.2 Å². The van der Waals surface area contributed by atoms with Crippen LogP contribution in [0.25, 0.3) is 0 Å². The summed E-state index contributed by atoms with van der Waals surface area (Å²) in [5, 5.41) is 10.1. The molecule has 0 aliphatic rings. The van der Waals surface area contributed by atoms with Gasteiger partial charge in [-0.3, -0.25) is 14.3 Å². The molecule has 2 N–H and O–H groups in total. The summed E-state index contributed by atoms with van der Waals surface area (Å²) in [6.07, 6.45) is 1.13. The average Bonchev–Trinajstić information content (AvgIpc) is 2.90. The van der Waals surface area contributed by atoms with Gasteiger partial charge in [0.1, 0.15) is 0 Å². The van der Waals surface area contributed by atoms with Crippen LogP contribution in [0, 0.1) is 19.8 Å². The fraction of sp³-hybridized carbons (Fsp3) is 0.476. The number of benzene rings is 1. The van der Waals surface area contributed by atoms with Crippen molar-refractivity contribution in [2.24, 2.45) is 5.92 Å². The fourth-order valence-corrected chi connectivity index (χ4v) is 3.07. The molecule has 0 saturated carbocycles. The SMILES string of the molecule is CNC(=O)c1ccc(CNC(=O)CCc2c(C)nn(CC(C)C)c2C)cc1. The third kappa shape index (κ3) is 5.67. The lowest BCUT2D eigenvalue weighted by molar-refractivity contribution is -0.121. The van der Waals surface area contributed by atoms with Gasteiger partial charge in [0, 0.05) is 37.8 Å². The highest BCUT2D eigenvalue weighted by Crippen LogP contribution is 2.16. The third-order valence-electron chi connectivity index (χ3n) is 4.60. The normalized spacial score (nSPS) is 10.9. The molecule has 0 radical (unpaired) electrons. The van der Waals surface area contributed by atoms with Crippen LogP contribution in [0.3, 0.4) is 0 Å². The van der Waals surface area contributed by atoms with E-state index < -0.39 is 0 Å². The van der Waals surface area contributed by atoms with Gasteiger partial charge in [-0.25, -0.2) is 0 Å². The first-order chi connectivity index (χ1) is 12.8. The van der Waals surface area contributed by atoms with Crippen molar-refractivity contribution in [1.29, 1.82) is 0 Å². The molecule has 0 unspecified atom stereocenters. The Balaban J connectivity index is 1.86. The molecular weight excluding hydrogens is 340 g/mol. The molecule has 0 saturated heterocycles. The third-order valence-corrected chi connectivity index (χ3v) is 4.60. The first-order valence-electron chi connectivity index (χ1n) is 9.42. The van der Waals surface area contributed by atoms with Crippen molar-refractivity contribution < 1.29 is 9.59 Å². The molecule has 2 rings (SSSR count). The average molecular weight is 370 g/mol. The van der Waals surface area contributed by atoms with Gasteiger partial charge in [-0.05, 0) is 49.4 Å². The summed E-state index contributed by atoms with van der Waals surface area (Å²) in [5.74, 6) is 0.434. The molecule has 0 atom stereocenters. The summed E-state index contributed by atoms with van der Waals surface area (Å²) in [7, 11) is 1.60. The van der Waals surface area contributed by atoms with Gasteiger partial charge < -0.3 is 10.6 Å². The summed E-state index contributed by atoms with van der Waals surface area (Å²) in [6.45, 7) is 9.77. The van der Waals surface area contributed by atoms with Gasteiger partial charge in [0.25, 0.3) is 5.91 Å². The predicted molar refractivity (Wildman–Crippen MR) is 107 cm³/mol. The molecule has 27 heavy (non-hydrogen) atoms. The molecule has 1 aromatic heterocycles. The lowest BCUT2D eigenvalue weighted by Crippen LogP contribution is -2.23. The lowest BCUT2D eigenvalue weighted by Gasteiger charge is -2.08. The van der Waals surface area contributed by atoms with E-state index >= 15 is 0 Å². The Morgan fingerprint density at radius 3 is 2.41 bits per heavy atom. The molecule has 6 nitrogen and oxygen atoms in total. The van der Waals surface area contributed by atoms with E-state index in [4.69, 9.17) is 0 Å². The van der Waals surface area contributed by atoms with Crippen molar-refractivity contribution in [3.63, 3.8) is 0 Å². The number of amides is 2. The maximum absolute atomic E-state index is 12.2. The van der Waals surface area contributed by atoms with Crippen LogP contribution in [0.4, 0.5) is 0 Å². The van der Waals surface area contributed by atoms with E-state index in [9.17, 15) is 9.59 Å². The molecule has 2 amide bonds. The molecule has 1 aromatic carbocycles. The summed E-state index contributed by atoms with van der Waals surface area (Å²) in [6, 6.07) is 7.23. The standard InChI is InChI=1S/C21H30N4O2/c1-14(2)13-25-16(4)19(15(3)24-25)10-11-20(26)23-12-17-6-8-18(9-7-17)21(27)22-5/h6-9,14H,10-13H2,1-5H3,(H,22,27)(H,23,26). The van der Waals surface area contributed by atoms with Crippen LogP contribution < -0.4 is 10.6 Å². The second kappa shape index (κ2) is 9.35. The lowest BCUT2D eigenvalue weighted by atomic mass is 10.1. The Labute approximate surface area is 161 Å². The minimum absolute atomic E-state index is 0.0146. The zero-order valence-corrected chi connectivity index (χ0v) is 16.9. The van der Waals surface area contributed by atoms with Crippen LogP contribution in [-0.4, -0.2) is 28.6 Å². The summed E-state index contributed by atoms with van der Waals surface area (Å²) in [4.78, 5) is 23.8. The summed E-state index contributed by atoms with van der Waals surface area (Å²) < 4.78 is 2.04. The summed E-state index contributed by atoms with van der Waals surface area (Å²) >= 11 is 0. The first-order valence-corrected chi connectivity index (χ1v) is 9.42. The molecule has 0 bridgehead atoms. The van der Waals surface area contributed by atoms with Gasteiger partial charge in [0.2, 0.25) is 5.91 Å². The topological polar surface area (TPSA) is 76.0 Å². The Bertz CT molecular complexity index is 791. The molecule has 0 aliphatic heterocycles. The summed E-state index contributed by atoms with van der Waals surface area (Å²) in [5.41, 5.74) is 4.90. The Morgan fingerprint density at radius 2 is 1.81 bits per heavy atom. The molecular formula is C21H30N4O2. The number of aryl methyl sites for hydroxylation is 1. The highest BCUT2D eigenvalue weighted by atomic mass is 16.2. The Morgan fingerprint density at radius 1 is 1.15 bits per heavy atom. The van der Waals surface area contributed by atoms with Gasteiger partial charge >= 0.3 is 0 Å². The molecule has 0 spiro atoms. The van der Waals surface area contributed by atoms with E-state index in [1.807, 2.05) is 23.7 Å². The van der Waals surface area contributed by atoms with Gasteiger partial charge in [-0.15, -0.1) is 0 Å². The van der Waals surface area contributed by atoms with Crippen LogP contribution in [0.5, 0.6) is 0 Å². The smallest absolute Gasteiger partial charge is 0.251 e. The Kier molecular flexibility index (Phi) is 7.16. The fourth-order valence-electron chi connectivity index (χ4n) is 3.07. The minimum atomic E-state index is -0.116. The number of carbonyl (C=O) groups excluding carboxylic acids is 2. The van der Waals surface area contributed by atoms with Crippen LogP contribution in [0.15, 0.2) is 24.3 Å². The zero-order chi connectivity index (χ0) is 20.0. The zero-order valence-electron chi connectivity index (χ0n) is 16.9. The van der Waals surface area contributed by atoms with Crippen LogP contribution in [0.1, 0.15) is 53.1 Å². The van der Waals surface area contributed by atoms with Crippen molar-refractivity contribution in [3.8, 4) is 0 Å². The van der Waals surface area contributed by atoms with Crippen molar-refractivity contribution in [2.75, 3.05) is 7.05 Å². The number of hydrogen-bond acceptors (Lipinski definition) is 3. The molecule has 6 heteroatoms. The number of aromatic nitrogens is 2. The highest BCUT2D eigenvalue weighted by molar-refractivity contribution is 5.93. The molecule has 0 fully saturated rings. The largest absolute Gasteiger partial charge is 0.355 e. The molecule has 1 heterocycles. The second-order valence-corrected chi connectivity index (χ2v) is 7.28. The maximum Gasteiger partial charge on any atom is 0.251 e. The van der Waals surface area contributed by atoms with E-state index in [-0.39, 0.29) is 11.8 Å². The number of nitrogens with zero attached hydrogens (tertiary/aromatic N) is 2. The van der Waals surface area contributed by atoms with Crippen molar-refractivity contribution >= 4 is 11.8 Å². The van der Waals surface area contributed by atoms with E-state index in [0.717, 1.165) is 23.5 Å². The van der Waals surface area contributed by atoms with Gasteiger partial charge in [0.15, 0.2) is 0 Å². The maximum atomic E-state index is 12.2. The van der Waals surface area contributed by atoms with Crippen molar-refractivity contribution in [1.82, 2.24) is 20.4 Å². The predicted octanol–water partition coefficient (Wildman–Crippen LogP) is 2.76. The van der Waals surface area contributed by atoms with Crippen molar-refractivity contribution in [2.45, 2.75) is 53.6 Å². The number of nitrogens with one attached hydrogen (secondary N) is 2. The van der Waals surface area contributed by atoms with E-state index in [1.165, 1.54) is 5.56 Å². The van der Waals surface area contributed by atoms with Crippen LogP contribution in [-0.2, 0) is 24.3 Å². The number of rotatable bonds is 8. The van der Waals surface area contributed by atoms with Crippen molar-refractivity contribution in [3.05, 3.63) is 52.3 Å². The van der Waals surface area contributed by atoms with Crippen LogP contribution in [0.2, 0.25) is 0 Å². The van der Waals surface area contributed by atoms with Gasteiger partial charge in [-0.2, -0.15) is 5.10 Å². The molecule has 2 aromatic rings. The van der Waals surface area contributed by atoms with Gasteiger partial charge in [0.05, 0.1) is 5.69 Å². The van der Waals surface area contributed by atoms with Gasteiger partial charge in [-0.1, -0.05) is 26.0 Å². The number of carbonyl (C=O) groups is 2. The highest BCUT2D eigenvalue weighted by Gasteiger charge is 2.13. The minimum Gasteiger partial charge on any atom is -0.355 e. The molecule has 0 aliphatic carbocycles. The quantitative estimate of drug-likeness (QED) is 0.750. The first kappa shape index (κ1) is 20.7. The van der Waals surface area contributed by atoms with Crippen LogP contribution >= 0.6 is 0 Å². The molecule has 146 valence electrons. The van der Waals surface area contributed by atoms with E-state index in [0.29, 0.717) is 30.9 Å².